The zero-order valence-corrected chi connectivity index (χ0v) is 10.2. The summed E-state index contributed by atoms with van der Waals surface area (Å²) >= 11 is 1.65. The summed E-state index contributed by atoms with van der Waals surface area (Å²) in [5.41, 5.74) is 7.71. The van der Waals surface area contributed by atoms with Crippen LogP contribution in [0.1, 0.15) is 10.6 Å². The van der Waals surface area contributed by atoms with Gasteiger partial charge in [0.25, 0.3) is 0 Å². The zero-order chi connectivity index (χ0) is 12.1. The van der Waals surface area contributed by atoms with Crippen molar-refractivity contribution in [3.05, 3.63) is 53.0 Å². The maximum Gasteiger partial charge on any atom is 0.142 e. The minimum atomic E-state index is 0.468. The van der Waals surface area contributed by atoms with Gasteiger partial charge in [-0.05, 0) is 17.7 Å². The number of benzene rings is 1. The first-order valence-corrected chi connectivity index (χ1v) is 6.18. The molecule has 4 heteroatoms. The topological polar surface area (TPSA) is 48.1 Å². The standard InChI is InChI=1S/C13H14N2OS/c1-2-6-16-12-4-3-10(8-11(12)14)9-13-15-5-7-17-13/h2-5,7-8H,1,6,9,14H2. The molecule has 0 fully saturated rings. The van der Waals surface area contributed by atoms with Crippen LogP contribution in [0.25, 0.3) is 0 Å². The molecule has 0 spiro atoms. The van der Waals surface area contributed by atoms with E-state index < -0.39 is 0 Å². The van der Waals surface area contributed by atoms with Crippen molar-refractivity contribution >= 4 is 17.0 Å². The maximum atomic E-state index is 5.91. The highest BCUT2D eigenvalue weighted by molar-refractivity contribution is 7.09. The molecule has 1 heterocycles. The van der Waals surface area contributed by atoms with Crippen molar-refractivity contribution in [2.75, 3.05) is 12.3 Å². The van der Waals surface area contributed by atoms with Crippen LogP contribution in [-0.4, -0.2) is 11.6 Å². The fourth-order valence-corrected chi connectivity index (χ4v) is 2.15. The average molecular weight is 246 g/mol. The largest absolute Gasteiger partial charge is 0.487 e. The van der Waals surface area contributed by atoms with Crippen LogP contribution >= 0.6 is 11.3 Å². The van der Waals surface area contributed by atoms with Gasteiger partial charge >= 0.3 is 0 Å². The molecule has 1 aromatic carbocycles. The molecule has 0 saturated heterocycles. The SMILES string of the molecule is C=CCOc1ccc(Cc2nccs2)cc1N. The van der Waals surface area contributed by atoms with E-state index in [0.29, 0.717) is 18.0 Å². The van der Waals surface area contributed by atoms with Gasteiger partial charge in [0, 0.05) is 18.0 Å². The van der Waals surface area contributed by atoms with Crippen molar-refractivity contribution in [1.82, 2.24) is 4.98 Å². The Kier molecular flexibility index (Phi) is 3.77. The van der Waals surface area contributed by atoms with Crippen molar-refractivity contribution in [3.63, 3.8) is 0 Å². The molecule has 1 aromatic heterocycles. The van der Waals surface area contributed by atoms with Gasteiger partial charge in [-0.2, -0.15) is 0 Å². The van der Waals surface area contributed by atoms with E-state index in [1.165, 1.54) is 0 Å². The van der Waals surface area contributed by atoms with E-state index in [1.807, 2.05) is 29.8 Å². The third-order valence-corrected chi connectivity index (χ3v) is 3.05. The molecule has 2 rings (SSSR count). The van der Waals surface area contributed by atoms with Crippen molar-refractivity contribution in [2.24, 2.45) is 0 Å². The average Bonchev–Trinajstić information content (AvgIpc) is 2.81. The predicted octanol–water partition coefficient (Wildman–Crippen LogP) is 2.88. The molecule has 3 nitrogen and oxygen atoms in total. The van der Waals surface area contributed by atoms with Crippen LogP contribution in [0.2, 0.25) is 0 Å². The Bertz CT molecular complexity index is 494. The van der Waals surface area contributed by atoms with Gasteiger partial charge in [-0.3, -0.25) is 0 Å². The summed E-state index contributed by atoms with van der Waals surface area (Å²) in [5, 5.41) is 3.06. The Morgan fingerprint density at radius 2 is 2.35 bits per heavy atom. The number of nitrogens with two attached hydrogens (primary N) is 1. The second-order valence-corrected chi connectivity index (χ2v) is 4.55. The maximum absolute atomic E-state index is 5.91. The van der Waals surface area contributed by atoms with Crippen molar-refractivity contribution in [1.29, 1.82) is 0 Å². The van der Waals surface area contributed by atoms with E-state index in [2.05, 4.69) is 11.6 Å². The molecule has 0 amide bonds. The lowest BCUT2D eigenvalue weighted by atomic mass is 10.1. The molecule has 2 aromatic rings. The van der Waals surface area contributed by atoms with Crippen molar-refractivity contribution in [3.8, 4) is 5.75 Å². The molecule has 0 bridgehead atoms. The van der Waals surface area contributed by atoms with E-state index >= 15 is 0 Å². The Morgan fingerprint density at radius 1 is 1.47 bits per heavy atom. The molecule has 0 aliphatic rings. The number of nitrogens with zero attached hydrogens (tertiary/aromatic N) is 1. The molecule has 0 aliphatic carbocycles. The summed E-state index contributed by atoms with van der Waals surface area (Å²) in [7, 11) is 0. The Labute approximate surface area is 105 Å². The normalized spacial score (nSPS) is 10.1. The van der Waals surface area contributed by atoms with E-state index in [1.54, 1.807) is 17.4 Å². The van der Waals surface area contributed by atoms with Gasteiger partial charge in [-0.25, -0.2) is 4.98 Å². The molecule has 0 aliphatic heterocycles. The van der Waals surface area contributed by atoms with Gasteiger partial charge in [-0.1, -0.05) is 18.7 Å². The lowest BCUT2D eigenvalue weighted by Crippen LogP contribution is -1.98. The highest BCUT2D eigenvalue weighted by Crippen LogP contribution is 2.24. The number of aromatic nitrogens is 1. The molecular weight excluding hydrogens is 232 g/mol. The fourth-order valence-electron chi connectivity index (χ4n) is 1.50. The first kappa shape index (κ1) is 11.7. The molecule has 17 heavy (non-hydrogen) atoms. The van der Waals surface area contributed by atoms with Gasteiger partial charge < -0.3 is 10.5 Å². The van der Waals surface area contributed by atoms with E-state index in [9.17, 15) is 0 Å². The van der Waals surface area contributed by atoms with Gasteiger partial charge in [0.1, 0.15) is 12.4 Å². The summed E-state index contributed by atoms with van der Waals surface area (Å²) < 4.78 is 5.42. The number of hydrogen-bond donors (Lipinski definition) is 1. The van der Waals surface area contributed by atoms with Crippen molar-refractivity contribution < 1.29 is 4.74 Å². The third kappa shape index (κ3) is 3.07. The minimum Gasteiger partial charge on any atom is -0.487 e. The zero-order valence-electron chi connectivity index (χ0n) is 9.43. The van der Waals surface area contributed by atoms with Crippen LogP contribution in [0.3, 0.4) is 0 Å². The first-order chi connectivity index (χ1) is 8.29. The lowest BCUT2D eigenvalue weighted by Gasteiger charge is -2.08. The second-order valence-electron chi connectivity index (χ2n) is 3.57. The van der Waals surface area contributed by atoms with Gasteiger partial charge in [0.05, 0.1) is 10.7 Å². The molecule has 0 unspecified atom stereocenters. The molecule has 88 valence electrons. The Morgan fingerprint density at radius 3 is 3.00 bits per heavy atom. The van der Waals surface area contributed by atoms with Gasteiger partial charge in [-0.15, -0.1) is 11.3 Å². The summed E-state index contributed by atoms with van der Waals surface area (Å²) in [4.78, 5) is 4.25. The molecule has 0 atom stereocenters. The quantitative estimate of drug-likeness (QED) is 0.652. The van der Waals surface area contributed by atoms with Crippen LogP contribution in [0, 0.1) is 0 Å². The summed E-state index contributed by atoms with van der Waals surface area (Å²) in [6.07, 6.45) is 4.32. The second kappa shape index (κ2) is 5.50. The highest BCUT2D eigenvalue weighted by Gasteiger charge is 2.03. The van der Waals surface area contributed by atoms with E-state index in [4.69, 9.17) is 10.5 Å². The minimum absolute atomic E-state index is 0.468. The van der Waals surface area contributed by atoms with Crippen LogP contribution in [0.4, 0.5) is 5.69 Å². The van der Waals surface area contributed by atoms with Crippen LogP contribution in [0.5, 0.6) is 5.75 Å². The predicted molar refractivity (Wildman–Crippen MR) is 71.5 cm³/mol. The first-order valence-electron chi connectivity index (χ1n) is 5.30. The van der Waals surface area contributed by atoms with Gasteiger partial charge in [0.2, 0.25) is 0 Å². The number of ether oxygens (including phenoxy) is 1. The summed E-state index contributed by atoms with van der Waals surface area (Å²) in [6.45, 7) is 4.07. The van der Waals surface area contributed by atoms with Crippen molar-refractivity contribution in [2.45, 2.75) is 6.42 Å². The van der Waals surface area contributed by atoms with Crippen LogP contribution in [-0.2, 0) is 6.42 Å². The highest BCUT2D eigenvalue weighted by atomic mass is 32.1. The molecule has 0 saturated carbocycles. The monoisotopic (exact) mass is 246 g/mol. The summed E-state index contributed by atoms with van der Waals surface area (Å²) in [6, 6.07) is 5.83. The lowest BCUT2D eigenvalue weighted by molar-refractivity contribution is 0.365. The molecular formula is C13H14N2OS. The number of hydrogen-bond acceptors (Lipinski definition) is 4. The van der Waals surface area contributed by atoms with Crippen LogP contribution < -0.4 is 10.5 Å². The number of thiazole rings is 1. The van der Waals surface area contributed by atoms with Crippen LogP contribution in [0.15, 0.2) is 42.4 Å². The number of anilines is 1. The molecule has 2 N–H and O–H groups in total. The Balaban J connectivity index is 2.10. The van der Waals surface area contributed by atoms with Gasteiger partial charge in [0.15, 0.2) is 0 Å². The number of nitrogen functional groups attached to an aromatic ring is 1. The number of rotatable bonds is 5. The fraction of sp³-hybridized carbons (Fsp3) is 0.154. The van der Waals surface area contributed by atoms with E-state index in [0.717, 1.165) is 17.0 Å². The Hall–Kier alpha value is -1.81. The molecule has 0 radical (unpaired) electrons. The smallest absolute Gasteiger partial charge is 0.142 e. The third-order valence-electron chi connectivity index (χ3n) is 2.27. The van der Waals surface area contributed by atoms with E-state index in [-0.39, 0.29) is 0 Å². The summed E-state index contributed by atoms with van der Waals surface area (Å²) in [5.74, 6) is 0.702.